The molecular formula is C14H17BrN2O2S. The van der Waals surface area contributed by atoms with Crippen molar-refractivity contribution in [3.05, 3.63) is 22.7 Å². The van der Waals surface area contributed by atoms with Gasteiger partial charge in [-0.3, -0.25) is 4.79 Å². The SMILES string of the molecule is CCCCCn1c(SCC(=O)O)nc2ccc(Br)cc21. The fourth-order valence-electron chi connectivity index (χ4n) is 2.05. The first kappa shape index (κ1) is 15.4. The number of aromatic nitrogens is 2. The largest absolute Gasteiger partial charge is 0.481 e. The molecule has 1 N–H and O–H groups in total. The Bertz CT molecular complexity index is 612. The van der Waals surface area contributed by atoms with E-state index >= 15 is 0 Å². The van der Waals surface area contributed by atoms with E-state index in [1.807, 2.05) is 18.2 Å². The molecule has 0 spiro atoms. The Hall–Kier alpha value is -1.01. The average Bonchev–Trinajstić information content (AvgIpc) is 2.74. The molecule has 2 rings (SSSR count). The normalized spacial score (nSPS) is 11.1. The van der Waals surface area contributed by atoms with Gasteiger partial charge in [-0.15, -0.1) is 0 Å². The third kappa shape index (κ3) is 3.76. The molecule has 2 aromatic rings. The number of halogens is 1. The van der Waals surface area contributed by atoms with E-state index in [0.717, 1.165) is 46.5 Å². The Kier molecular flexibility index (Phi) is 5.48. The molecule has 1 aromatic heterocycles. The topological polar surface area (TPSA) is 55.1 Å². The summed E-state index contributed by atoms with van der Waals surface area (Å²) in [5.74, 6) is -0.776. The molecule has 0 bridgehead atoms. The molecule has 1 aromatic carbocycles. The van der Waals surface area contributed by atoms with E-state index in [9.17, 15) is 4.79 Å². The number of imidazole rings is 1. The first-order valence-electron chi connectivity index (χ1n) is 6.62. The second-order valence-electron chi connectivity index (χ2n) is 4.57. The van der Waals surface area contributed by atoms with Crippen molar-refractivity contribution in [2.75, 3.05) is 5.75 Å². The lowest BCUT2D eigenvalue weighted by atomic mass is 10.2. The molecule has 0 unspecified atom stereocenters. The van der Waals surface area contributed by atoms with Crippen LogP contribution in [0.3, 0.4) is 0 Å². The first-order valence-corrected chi connectivity index (χ1v) is 8.40. The van der Waals surface area contributed by atoms with Crippen molar-refractivity contribution in [1.29, 1.82) is 0 Å². The Balaban J connectivity index is 2.32. The van der Waals surface area contributed by atoms with Crippen LogP contribution in [0.2, 0.25) is 0 Å². The summed E-state index contributed by atoms with van der Waals surface area (Å²) in [5, 5.41) is 9.62. The molecule has 0 radical (unpaired) electrons. The molecule has 0 aliphatic carbocycles. The number of fused-ring (bicyclic) bond motifs is 1. The average molecular weight is 357 g/mol. The molecular weight excluding hydrogens is 340 g/mol. The van der Waals surface area contributed by atoms with Gasteiger partial charge in [0, 0.05) is 11.0 Å². The van der Waals surface area contributed by atoms with E-state index in [2.05, 4.69) is 32.4 Å². The highest BCUT2D eigenvalue weighted by atomic mass is 79.9. The number of rotatable bonds is 7. The predicted molar refractivity (Wildman–Crippen MR) is 85.3 cm³/mol. The van der Waals surface area contributed by atoms with Crippen LogP contribution in [0.15, 0.2) is 27.8 Å². The van der Waals surface area contributed by atoms with Crippen LogP contribution in [0.4, 0.5) is 0 Å². The minimum absolute atomic E-state index is 0.0399. The van der Waals surface area contributed by atoms with Gasteiger partial charge in [0.05, 0.1) is 16.8 Å². The highest BCUT2D eigenvalue weighted by Crippen LogP contribution is 2.27. The zero-order chi connectivity index (χ0) is 14.5. The molecule has 0 atom stereocenters. The predicted octanol–water partition coefficient (Wildman–Crippen LogP) is 4.17. The molecule has 0 aliphatic heterocycles. The summed E-state index contributed by atoms with van der Waals surface area (Å²) in [5.41, 5.74) is 1.97. The highest BCUT2D eigenvalue weighted by molar-refractivity contribution is 9.10. The van der Waals surface area contributed by atoms with Crippen LogP contribution in [0.1, 0.15) is 26.2 Å². The fourth-order valence-corrected chi connectivity index (χ4v) is 3.16. The van der Waals surface area contributed by atoms with E-state index in [1.165, 1.54) is 11.8 Å². The summed E-state index contributed by atoms with van der Waals surface area (Å²) in [6, 6.07) is 5.96. The van der Waals surface area contributed by atoms with E-state index in [-0.39, 0.29) is 5.75 Å². The lowest BCUT2D eigenvalue weighted by Crippen LogP contribution is -2.03. The van der Waals surface area contributed by atoms with E-state index in [1.54, 1.807) is 0 Å². The van der Waals surface area contributed by atoms with Crippen molar-refractivity contribution in [2.45, 2.75) is 37.9 Å². The molecule has 6 heteroatoms. The van der Waals surface area contributed by atoms with Gasteiger partial charge in [-0.1, -0.05) is 47.5 Å². The van der Waals surface area contributed by atoms with Gasteiger partial charge in [0.2, 0.25) is 0 Å². The molecule has 0 saturated carbocycles. The van der Waals surface area contributed by atoms with Gasteiger partial charge < -0.3 is 9.67 Å². The van der Waals surface area contributed by atoms with E-state index in [4.69, 9.17) is 5.11 Å². The number of carbonyl (C=O) groups is 1. The maximum Gasteiger partial charge on any atom is 0.313 e. The maximum atomic E-state index is 10.7. The molecule has 0 aliphatic rings. The number of aliphatic carboxylic acids is 1. The van der Waals surface area contributed by atoms with Crippen molar-refractivity contribution in [3.8, 4) is 0 Å². The summed E-state index contributed by atoms with van der Waals surface area (Å²) in [6.07, 6.45) is 3.40. The van der Waals surface area contributed by atoms with Crippen LogP contribution in [-0.2, 0) is 11.3 Å². The Morgan fingerprint density at radius 3 is 2.95 bits per heavy atom. The Labute approximate surface area is 130 Å². The number of thioether (sulfide) groups is 1. The van der Waals surface area contributed by atoms with Crippen LogP contribution in [-0.4, -0.2) is 26.4 Å². The molecule has 0 amide bonds. The molecule has 0 saturated heterocycles. The summed E-state index contributed by atoms with van der Waals surface area (Å²) in [4.78, 5) is 15.3. The number of benzene rings is 1. The molecule has 20 heavy (non-hydrogen) atoms. The van der Waals surface area contributed by atoms with Crippen molar-refractivity contribution in [1.82, 2.24) is 9.55 Å². The highest BCUT2D eigenvalue weighted by Gasteiger charge is 2.12. The second kappa shape index (κ2) is 7.13. The molecule has 4 nitrogen and oxygen atoms in total. The molecule has 108 valence electrons. The van der Waals surface area contributed by atoms with Gasteiger partial charge in [-0.05, 0) is 24.6 Å². The quantitative estimate of drug-likeness (QED) is 0.597. The smallest absolute Gasteiger partial charge is 0.313 e. The van der Waals surface area contributed by atoms with Crippen LogP contribution in [0, 0.1) is 0 Å². The standard InChI is InChI=1S/C14H17BrN2O2S/c1-2-3-4-7-17-12-8-10(15)5-6-11(12)16-14(17)20-9-13(18)19/h5-6,8H,2-4,7,9H2,1H3,(H,18,19). The van der Waals surface area contributed by atoms with Crippen LogP contribution in [0.5, 0.6) is 0 Å². The van der Waals surface area contributed by atoms with Gasteiger partial charge in [0.15, 0.2) is 5.16 Å². The number of nitrogens with zero attached hydrogens (tertiary/aromatic N) is 2. The van der Waals surface area contributed by atoms with Crippen LogP contribution < -0.4 is 0 Å². The van der Waals surface area contributed by atoms with Gasteiger partial charge >= 0.3 is 5.97 Å². The Morgan fingerprint density at radius 1 is 1.45 bits per heavy atom. The number of carboxylic acids is 1. The van der Waals surface area contributed by atoms with Gasteiger partial charge in [0.1, 0.15) is 0 Å². The lowest BCUT2D eigenvalue weighted by molar-refractivity contribution is -0.133. The maximum absolute atomic E-state index is 10.7. The van der Waals surface area contributed by atoms with Crippen molar-refractivity contribution < 1.29 is 9.90 Å². The second-order valence-corrected chi connectivity index (χ2v) is 6.43. The summed E-state index contributed by atoms with van der Waals surface area (Å²) in [6.45, 7) is 3.05. The van der Waals surface area contributed by atoms with Crippen LogP contribution in [0.25, 0.3) is 11.0 Å². The number of hydrogen-bond donors (Lipinski definition) is 1. The van der Waals surface area contributed by atoms with Gasteiger partial charge in [-0.25, -0.2) is 4.98 Å². The number of aryl methyl sites for hydroxylation is 1. The zero-order valence-corrected chi connectivity index (χ0v) is 13.7. The number of carboxylic acid groups (broad SMARTS) is 1. The lowest BCUT2D eigenvalue weighted by Gasteiger charge is -2.07. The summed E-state index contributed by atoms with van der Waals surface area (Å²) < 4.78 is 3.14. The van der Waals surface area contributed by atoms with Gasteiger partial charge in [0.25, 0.3) is 0 Å². The monoisotopic (exact) mass is 356 g/mol. The summed E-state index contributed by atoms with van der Waals surface area (Å²) >= 11 is 4.76. The third-order valence-electron chi connectivity index (χ3n) is 2.99. The minimum Gasteiger partial charge on any atom is -0.481 e. The molecule has 1 heterocycles. The molecule has 0 fully saturated rings. The fraction of sp³-hybridized carbons (Fsp3) is 0.429. The minimum atomic E-state index is -0.816. The summed E-state index contributed by atoms with van der Waals surface area (Å²) in [7, 11) is 0. The van der Waals surface area contributed by atoms with Crippen LogP contribution >= 0.6 is 27.7 Å². The zero-order valence-electron chi connectivity index (χ0n) is 11.3. The van der Waals surface area contributed by atoms with Crippen molar-refractivity contribution in [3.63, 3.8) is 0 Å². The first-order chi connectivity index (χ1) is 9.61. The van der Waals surface area contributed by atoms with E-state index in [0.29, 0.717) is 0 Å². The third-order valence-corrected chi connectivity index (χ3v) is 4.44. The van der Waals surface area contributed by atoms with Crippen molar-refractivity contribution >= 4 is 44.7 Å². The number of unbranched alkanes of at least 4 members (excludes halogenated alkanes) is 2. The van der Waals surface area contributed by atoms with E-state index < -0.39 is 5.97 Å². The Morgan fingerprint density at radius 2 is 2.25 bits per heavy atom. The number of hydrogen-bond acceptors (Lipinski definition) is 3. The van der Waals surface area contributed by atoms with Gasteiger partial charge in [-0.2, -0.15) is 0 Å². The van der Waals surface area contributed by atoms with Crippen molar-refractivity contribution in [2.24, 2.45) is 0 Å².